The van der Waals surface area contributed by atoms with Crippen molar-refractivity contribution >= 4 is 32.6 Å². The number of hydrogen-bond donors (Lipinski definition) is 0. The molecule has 5 aliphatic carbocycles. The quantitative estimate of drug-likeness (QED) is 0.193. The number of nitrogens with zero attached hydrogens (tertiary/aromatic N) is 1. The summed E-state index contributed by atoms with van der Waals surface area (Å²) < 4.78 is 2.45. The van der Waals surface area contributed by atoms with Crippen molar-refractivity contribution in [3.8, 4) is 27.9 Å². The van der Waals surface area contributed by atoms with Crippen molar-refractivity contribution in [1.82, 2.24) is 4.57 Å². The Bertz CT molecular complexity index is 2320. The molecule has 12 rings (SSSR count). The first-order valence-corrected chi connectivity index (χ1v) is 17.0. The predicted molar refractivity (Wildman–Crippen MR) is 187 cm³/mol. The van der Waals surface area contributed by atoms with Crippen LogP contribution in [0.4, 0.5) is 0 Å². The first-order chi connectivity index (χ1) is 22.3. The number of hydrogen-bond acceptors (Lipinski definition) is 0. The Hall–Kier alpha value is -4.62. The largest absolute Gasteiger partial charge is 0.309 e. The molecule has 216 valence electrons. The molecule has 6 aromatic carbocycles. The zero-order valence-corrected chi connectivity index (χ0v) is 25.4. The van der Waals surface area contributed by atoms with Gasteiger partial charge in [0.05, 0.1) is 11.0 Å². The van der Waals surface area contributed by atoms with Gasteiger partial charge in [-0.2, -0.15) is 0 Å². The molecular weight excluding hydrogens is 542 g/mol. The van der Waals surface area contributed by atoms with Crippen molar-refractivity contribution in [2.45, 2.75) is 37.5 Å². The van der Waals surface area contributed by atoms with Crippen molar-refractivity contribution in [3.63, 3.8) is 0 Å². The molecule has 0 unspecified atom stereocenters. The maximum absolute atomic E-state index is 2.63. The molecule has 4 bridgehead atoms. The van der Waals surface area contributed by atoms with Gasteiger partial charge in [-0.25, -0.2) is 0 Å². The monoisotopic (exact) mass is 577 g/mol. The number of para-hydroxylation sites is 1. The van der Waals surface area contributed by atoms with Gasteiger partial charge in [-0.15, -0.1) is 0 Å². The highest BCUT2D eigenvalue weighted by atomic mass is 15.0. The molecule has 1 heteroatoms. The Labute approximate surface area is 264 Å². The third-order valence-electron chi connectivity index (χ3n) is 12.6. The molecular formula is C44H35N. The molecule has 45 heavy (non-hydrogen) atoms. The zero-order chi connectivity index (χ0) is 29.3. The van der Waals surface area contributed by atoms with Gasteiger partial charge in [0, 0.05) is 21.9 Å². The fraction of sp³-hybridized carbons (Fsp3) is 0.227. The second-order valence-electron chi connectivity index (χ2n) is 14.6. The van der Waals surface area contributed by atoms with Crippen LogP contribution in [0.3, 0.4) is 0 Å². The highest BCUT2D eigenvalue weighted by Crippen LogP contribution is 2.69. The standard InChI is InChI=1S/C44H35N/c1-2-8-30-24-35(16-13-29(30)7-1)45-42-12-6-4-10-38(42)39-25-31(15-18-43(39)45)32-14-17-37-36-9-3-5-11-40(36)44(41(37)26-32)33-20-27-19-28(22-33)23-34(44)21-27/h1-18,24-28,33-34H,19-23H2. The fourth-order valence-electron chi connectivity index (χ4n) is 11.1. The van der Waals surface area contributed by atoms with E-state index < -0.39 is 0 Å². The molecule has 0 atom stereocenters. The molecule has 1 spiro atoms. The third-order valence-corrected chi connectivity index (χ3v) is 12.6. The maximum atomic E-state index is 2.63. The number of fused-ring (bicyclic) bond motifs is 7. The minimum absolute atomic E-state index is 0.200. The summed E-state index contributed by atoms with van der Waals surface area (Å²) >= 11 is 0. The second kappa shape index (κ2) is 8.76. The van der Waals surface area contributed by atoms with Crippen LogP contribution >= 0.6 is 0 Å². The third kappa shape index (κ3) is 3.19. The topological polar surface area (TPSA) is 4.93 Å². The zero-order valence-electron chi connectivity index (χ0n) is 25.4. The lowest BCUT2D eigenvalue weighted by atomic mass is 9.43. The van der Waals surface area contributed by atoms with Crippen LogP contribution in [-0.2, 0) is 5.41 Å². The van der Waals surface area contributed by atoms with E-state index in [1.54, 1.807) is 11.1 Å². The summed E-state index contributed by atoms with van der Waals surface area (Å²) in [6.07, 6.45) is 7.18. The Morgan fingerprint density at radius 3 is 2.00 bits per heavy atom. The average Bonchev–Trinajstić information content (AvgIpc) is 3.57. The minimum atomic E-state index is 0.200. The maximum Gasteiger partial charge on any atom is 0.0541 e. The van der Waals surface area contributed by atoms with E-state index in [0.29, 0.717) is 0 Å². The highest BCUT2D eigenvalue weighted by Gasteiger charge is 2.61. The van der Waals surface area contributed by atoms with E-state index in [1.165, 1.54) is 92.6 Å². The van der Waals surface area contributed by atoms with Crippen LogP contribution in [0.25, 0.3) is 60.5 Å². The minimum Gasteiger partial charge on any atom is -0.309 e. The summed E-state index contributed by atoms with van der Waals surface area (Å²) in [5.41, 5.74) is 12.9. The van der Waals surface area contributed by atoms with Gasteiger partial charge in [0.1, 0.15) is 0 Å². The molecule has 0 N–H and O–H groups in total. The fourth-order valence-corrected chi connectivity index (χ4v) is 11.1. The van der Waals surface area contributed by atoms with E-state index >= 15 is 0 Å². The van der Waals surface area contributed by atoms with Crippen LogP contribution < -0.4 is 0 Å². The van der Waals surface area contributed by atoms with E-state index in [0.717, 1.165) is 23.7 Å². The van der Waals surface area contributed by atoms with Crippen molar-refractivity contribution < 1.29 is 0 Å². The summed E-state index contributed by atoms with van der Waals surface area (Å²) in [6, 6.07) is 48.6. The van der Waals surface area contributed by atoms with Gasteiger partial charge < -0.3 is 4.57 Å². The summed E-state index contributed by atoms with van der Waals surface area (Å²) in [5.74, 6) is 3.49. The van der Waals surface area contributed by atoms with Crippen LogP contribution in [0, 0.1) is 23.7 Å². The van der Waals surface area contributed by atoms with Gasteiger partial charge in [0.15, 0.2) is 0 Å². The van der Waals surface area contributed by atoms with E-state index in [-0.39, 0.29) is 5.41 Å². The summed E-state index contributed by atoms with van der Waals surface area (Å²) in [7, 11) is 0. The molecule has 1 heterocycles. The van der Waals surface area contributed by atoms with Crippen LogP contribution in [0.5, 0.6) is 0 Å². The van der Waals surface area contributed by atoms with Gasteiger partial charge in [-0.3, -0.25) is 0 Å². The lowest BCUT2D eigenvalue weighted by Crippen LogP contribution is -2.55. The molecule has 7 aromatic rings. The Morgan fingerprint density at radius 1 is 0.467 bits per heavy atom. The van der Waals surface area contributed by atoms with Crippen LogP contribution in [0.1, 0.15) is 43.2 Å². The van der Waals surface area contributed by atoms with Gasteiger partial charge in [0.2, 0.25) is 0 Å². The summed E-state index contributed by atoms with van der Waals surface area (Å²) in [6.45, 7) is 0. The lowest BCUT2D eigenvalue weighted by Gasteiger charge is -2.61. The first-order valence-electron chi connectivity index (χ1n) is 17.0. The molecule has 5 aliphatic rings. The van der Waals surface area contributed by atoms with Crippen molar-refractivity contribution in [2.75, 3.05) is 0 Å². The molecule has 1 aromatic heterocycles. The molecule has 0 radical (unpaired) electrons. The first kappa shape index (κ1) is 24.7. The van der Waals surface area contributed by atoms with E-state index in [2.05, 4.69) is 132 Å². The number of rotatable bonds is 2. The van der Waals surface area contributed by atoms with Gasteiger partial charge in [-0.05, 0) is 136 Å². The molecule has 0 aliphatic heterocycles. The normalized spacial score (nSPS) is 25.9. The van der Waals surface area contributed by atoms with Gasteiger partial charge in [-0.1, -0.05) is 91.0 Å². The predicted octanol–water partition coefficient (Wildman–Crippen LogP) is 11.3. The Morgan fingerprint density at radius 2 is 1.13 bits per heavy atom. The Balaban J connectivity index is 1.10. The molecule has 4 saturated carbocycles. The van der Waals surface area contributed by atoms with Crippen LogP contribution in [-0.4, -0.2) is 4.57 Å². The van der Waals surface area contributed by atoms with Gasteiger partial charge in [0.25, 0.3) is 0 Å². The summed E-state index contributed by atoms with van der Waals surface area (Å²) in [5, 5.41) is 5.19. The number of aromatic nitrogens is 1. The smallest absolute Gasteiger partial charge is 0.0541 e. The average molecular weight is 578 g/mol. The van der Waals surface area contributed by atoms with Crippen molar-refractivity contribution in [3.05, 3.63) is 139 Å². The molecule has 0 saturated heterocycles. The van der Waals surface area contributed by atoms with E-state index in [1.807, 2.05) is 0 Å². The SMILES string of the molecule is c1ccc2c(c1)-c1ccc(-c3ccc4c(c3)c3ccccc3n4-c3ccc4ccccc4c3)cc1C21C2CC3CC(C2)CC1C3. The van der Waals surface area contributed by atoms with E-state index in [9.17, 15) is 0 Å². The Kier molecular flexibility index (Phi) is 4.80. The van der Waals surface area contributed by atoms with E-state index in [4.69, 9.17) is 0 Å². The molecule has 4 fully saturated rings. The van der Waals surface area contributed by atoms with Crippen LogP contribution in [0.2, 0.25) is 0 Å². The van der Waals surface area contributed by atoms with Crippen LogP contribution in [0.15, 0.2) is 127 Å². The van der Waals surface area contributed by atoms with Crippen molar-refractivity contribution in [1.29, 1.82) is 0 Å². The highest BCUT2D eigenvalue weighted by molar-refractivity contribution is 6.10. The second-order valence-corrected chi connectivity index (χ2v) is 14.6. The van der Waals surface area contributed by atoms with Gasteiger partial charge >= 0.3 is 0 Å². The molecule has 1 nitrogen and oxygen atoms in total. The lowest BCUT2D eigenvalue weighted by molar-refractivity contribution is -0.0399. The molecule has 0 amide bonds. The van der Waals surface area contributed by atoms with Crippen molar-refractivity contribution in [2.24, 2.45) is 23.7 Å². The summed E-state index contributed by atoms with van der Waals surface area (Å²) in [4.78, 5) is 0. The number of benzene rings is 6.